The molecule has 2 aromatic rings. The Morgan fingerprint density at radius 1 is 0.875 bits per heavy atom. The molecule has 1 aliphatic rings. The molecule has 3 rings (SSSR count). The number of hydrogen-bond donors (Lipinski definition) is 1. The Labute approximate surface area is 185 Å². The van der Waals surface area contributed by atoms with E-state index in [2.05, 4.69) is 5.32 Å². The number of amides is 1. The molecule has 1 amide bonds. The number of allylic oxidation sites excluding steroid dienone is 2. The lowest BCUT2D eigenvalue weighted by Crippen LogP contribution is -2.27. The maximum Gasteiger partial charge on any atom is 0.355 e. The third-order valence-electron chi connectivity index (χ3n) is 4.43. The van der Waals surface area contributed by atoms with Crippen LogP contribution in [0.25, 0.3) is 0 Å². The van der Waals surface area contributed by atoms with Gasteiger partial charge in [-0.3, -0.25) is 4.79 Å². The minimum Gasteiger partial charge on any atom is -0.484 e. The summed E-state index contributed by atoms with van der Waals surface area (Å²) in [6.45, 7) is -0.135. The van der Waals surface area contributed by atoms with Crippen LogP contribution in [0.3, 0.4) is 0 Å². The van der Waals surface area contributed by atoms with Crippen molar-refractivity contribution < 1.29 is 28.6 Å². The van der Waals surface area contributed by atoms with E-state index in [1.54, 1.807) is 54.8 Å². The number of ether oxygens (including phenoxy) is 3. The van der Waals surface area contributed by atoms with E-state index in [9.17, 15) is 14.4 Å². The van der Waals surface area contributed by atoms with Crippen LogP contribution in [0, 0.1) is 0 Å². The first-order valence-electron chi connectivity index (χ1n) is 9.66. The second-order valence-electron chi connectivity index (χ2n) is 6.51. The Kier molecular flexibility index (Phi) is 7.42. The van der Waals surface area contributed by atoms with Gasteiger partial charge in [-0.1, -0.05) is 24.3 Å². The predicted octanol–water partition coefficient (Wildman–Crippen LogP) is 3.19. The van der Waals surface area contributed by atoms with Crippen molar-refractivity contribution >= 4 is 29.2 Å². The van der Waals surface area contributed by atoms with Gasteiger partial charge in [-0.2, -0.15) is 0 Å². The van der Waals surface area contributed by atoms with Gasteiger partial charge in [-0.05, 0) is 48.6 Å². The molecule has 8 nitrogen and oxygen atoms in total. The Morgan fingerprint density at radius 2 is 1.56 bits per heavy atom. The van der Waals surface area contributed by atoms with E-state index in [0.29, 0.717) is 17.1 Å². The molecule has 0 saturated carbocycles. The van der Waals surface area contributed by atoms with E-state index >= 15 is 0 Å². The number of rotatable bonds is 7. The van der Waals surface area contributed by atoms with Gasteiger partial charge in [-0.25, -0.2) is 9.59 Å². The zero-order valence-corrected chi connectivity index (χ0v) is 17.6. The quantitative estimate of drug-likeness (QED) is 0.669. The normalized spacial score (nSPS) is 12.8. The van der Waals surface area contributed by atoms with Crippen molar-refractivity contribution in [2.75, 3.05) is 31.0 Å². The molecule has 0 radical (unpaired) electrons. The summed E-state index contributed by atoms with van der Waals surface area (Å²) in [5.74, 6) is -1.08. The Balaban J connectivity index is 1.76. The van der Waals surface area contributed by atoms with Crippen molar-refractivity contribution in [3.05, 3.63) is 90.3 Å². The van der Waals surface area contributed by atoms with Crippen molar-refractivity contribution in [1.29, 1.82) is 0 Å². The summed E-state index contributed by atoms with van der Waals surface area (Å²) in [6.07, 6.45) is 6.40. The van der Waals surface area contributed by atoms with Gasteiger partial charge in [0.05, 0.1) is 19.8 Å². The highest BCUT2D eigenvalue weighted by molar-refractivity contribution is 6.05. The number of esters is 2. The van der Waals surface area contributed by atoms with Gasteiger partial charge in [0.2, 0.25) is 0 Å². The summed E-state index contributed by atoms with van der Waals surface area (Å²) in [7, 11) is 2.47. The molecule has 2 aromatic carbocycles. The molecule has 0 aromatic heterocycles. The van der Waals surface area contributed by atoms with Crippen molar-refractivity contribution in [1.82, 2.24) is 0 Å². The zero-order chi connectivity index (χ0) is 22.9. The van der Waals surface area contributed by atoms with Crippen LogP contribution in [-0.2, 0) is 23.9 Å². The van der Waals surface area contributed by atoms with Gasteiger partial charge in [0.1, 0.15) is 11.4 Å². The van der Waals surface area contributed by atoms with Gasteiger partial charge in [0, 0.05) is 17.6 Å². The zero-order valence-electron chi connectivity index (χ0n) is 17.6. The second-order valence-corrected chi connectivity index (χ2v) is 6.51. The number of nitrogens with zero attached hydrogens (tertiary/aromatic N) is 1. The molecule has 0 atom stereocenters. The lowest BCUT2D eigenvalue weighted by molar-refractivity contribution is -0.139. The van der Waals surface area contributed by atoms with Crippen molar-refractivity contribution in [3.63, 3.8) is 0 Å². The number of benzene rings is 2. The molecule has 8 heteroatoms. The Hall–Kier alpha value is -4.33. The molecule has 164 valence electrons. The van der Waals surface area contributed by atoms with Gasteiger partial charge < -0.3 is 24.4 Å². The fourth-order valence-corrected chi connectivity index (χ4v) is 2.93. The number of methoxy groups -OCH3 is 2. The molecule has 0 spiro atoms. The highest BCUT2D eigenvalue weighted by Gasteiger charge is 2.27. The van der Waals surface area contributed by atoms with Crippen LogP contribution in [0.5, 0.6) is 5.75 Å². The van der Waals surface area contributed by atoms with Crippen molar-refractivity contribution in [2.24, 2.45) is 0 Å². The summed E-state index contributed by atoms with van der Waals surface area (Å²) in [5.41, 5.74) is 1.19. The topological polar surface area (TPSA) is 94.2 Å². The van der Waals surface area contributed by atoms with Crippen LogP contribution >= 0.6 is 0 Å². The first-order chi connectivity index (χ1) is 15.5. The van der Waals surface area contributed by atoms with Crippen molar-refractivity contribution in [3.8, 4) is 5.75 Å². The third kappa shape index (κ3) is 5.42. The minimum atomic E-state index is -0.697. The summed E-state index contributed by atoms with van der Waals surface area (Å²) in [4.78, 5) is 38.4. The molecule has 32 heavy (non-hydrogen) atoms. The van der Waals surface area contributed by atoms with Crippen LogP contribution < -0.4 is 15.0 Å². The summed E-state index contributed by atoms with van der Waals surface area (Å²) in [5, 5.41) is 2.75. The number of anilines is 2. The average molecular weight is 434 g/mol. The number of carbonyl (C=O) groups is 3. The molecular formula is C24H22N2O6. The van der Waals surface area contributed by atoms with E-state index < -0.39 is 11.9 Å². The van der Waals surface area contributed by atoms with Gasteiger partial charge in [0.25, 0.3) is 5.91 Å². The van der Waals surface area contributed by atoms with Crippen LogP contribution in [0.4, 0.5) is 11.4 Å². The first-order valence-corrected chi connectivity index (χ1v) is 9.66. The molecule has 0 aliphatic carbocycles. The number of carbonyl (C=O) groups excluding carboxylic acids is 3. The molecule has 1 heterocycles. The molecule has 0 fully saturated rings. The SMILES string of the molecule is COC(=O)C1=C(C(=O)OC)N(c2ccc(NC(=O)COc3ccccc3)cc2)C=CC=C1. The fraction of sp³-hybridized carbons (Fsp3) is 0.125. The van der Waals surface area contributed by atoms with Crippen LogP contribution in [0.1, 0.15) is 0 Å². The first kappa shape index (κ1) is 22.4. The monoisotopic (exact) mass is 434 g/mol. The Morgan fingerprint density at radius 3 is 2.22 bits per heavy atom. The minimum absolute atomic E-state index is 0.0115. The maximum atomic E-state index is 12.5. The summed E-state index contributed by atoms with van der Waals surface area (Å²) >= 11 is 0. The molecule has 0 unspecified atom stereocenters. The van der Waals surface area contributed by atoms with E-state index in [-0.39, 0.29) is 23.8 Å². The fourth-order valence-electron chi connectivity index (χ4n) is 2.93. The van der Waals surface area contributed by atoms with E-state index in [1.807, 2.05) is 18.2 Å². The standard InChI is InChI=1S/C24H22N2O6/c1-30-23(28)20-10-6-7-15-26(22(20)24(29)31-2)18-13-11-17(12-14-18)25-21(27)16-32-19-8-4-3-5-9-19/h3-15H,16H2,1-2H3,(H,25,27). The van der Waals surface area contributed by atoms with Crippen LogP contribution in [-0.4, -0.2) is 38.7 Å². The van der Waals surface area contributed by atoms with Gasteiger partial charge in [0.15, 0.2) is 6.61 Å². The molecular weight excluding hydrogens is 412 g/mol. The lowest BCUT2D eigenvalue weighted by Gasteiger charge is -2.23. The molecule has 0 saturated heterocycles. The Bertz CT molecular complexity index is 1070. The molecule has 1 N–H and O–H groups in total. The van der Waals surface area contributed by atoms with Gasteiger partial charge >= 0.3 is 11.9 Å². The third-order valence-corrected chi connectivity index (χ3v) is 4.43. The molecule has 0 bridgehead atoms. The maximum absolute atomic E-state index is 12.5. The number of para-hydroxylation sites is 1. The molecule has 1 aliphatic heterocycles. The highest BCUT2D eigenvalue weighted by Crippen LogP contribution is 2.27. The van der Waals surface area contributed by atoms with Crippen molar-refractivity contribution in [2.45, 2.75) is 0 Å². The van der Waals surface area contributed by atoms with Crippen LogP contribution in [0.2, 0.25) is 0 Å². The number of nitrogens with one attached hydrogen (secondary N) is 1. The summed E-state index contributed by atoms with van der Waals surface area (Å²) in [6, 6.07) is 15.8. The number of hydrogen-bond acceptors (Lipinski definition) is 7. The second kappa shape index (κ2) is 10.6. The van der Waals surface area contributed by atoms with E-state index in [1.165, 1.54) is 25.2 Å². The van der Waals surface area contributed by atoms with Crippen LogP contribution in [0.15, 0.2) is 90.3 Å². The van der Waals surface area contributed by atoms with Gasteiger partial charge in [-0.15, -0.1) is 0 Å². The largest absolute Gasteiger partial charge is 0.484 e. The lowest BCUT2D eigenvalue weighted by atomic mass is 10.1. The van der Waals surface area contributed by atoms with E-state index in [0.717, 1.165) is 0 Å². The average Bonchev–Trinajstić information content (AvgIpc) is 3.06. The van der Waals surface area contributed by atoms with E-state index in [4.69, 9.17) is 14.2 Å². The predicted molar refractivity (Wildman–Crippen MR) is 119 cm³/mol. The highest BCUT2D eigenvalue weighted by atomic mass is 16.5. The smallest absolute Gasteiger partial charge is 0.355 e. The summed E-state index contributed by atoms with van der Waals surface area (Å²) < 4.78 is 15.1.